The quantitative estimate of drug-likeness (QED) is 0.221. The number of alkyl carbamates (subject to hydrolysis) is 1. The number of ether oxygens (including phenoxy) is 2. The van der Waals surface area contributed by atoms with Crippen molar-refractivity contribution in [1.82, 2.24) is 37.0 Å². The molecule has 1 unspecified atom stereocenters. The third kappa shape index (κ3) is 8.83. The first kappa shape index (κ1) is 35.5. The molecule has 4 fully saturated rings. The van der Waals surface area contributed by atoms with Crippen LogP contribution in [-0.2, 0) is 23.9 Å². The second-order valence-electron chi connectivity index (χ2n) is 14.9. The average molecular weight is 662 g/mol. The molecule has 0 aromatic heterocycles. The van der Waals surface area contributed by atoms with Gasteiger partial charge in [-0.15, -0.1) is 0 Å². The van der Waals surface area contributed by atoms with Crippen LogP contribution in [0.15, 0.2) is 12.2 Å². The van der Waals surface area contributed by atoms with Gasteiger partial charge in [-0.3, -0.25) is 9.59 Å². The van der Waals surface area contributed by atoms with E-state index in [1.807, 2.05) is 17.3 Å². The van der Waals surface area contributed by atoms with Gasteiger partial charge in [-0.1, -0.05) is 31.9 Å². The van der Waals surface area contributed by atoms with Gasteiger partial charge in [0.25, 0.3) is 0 Å². The number of hydrogen-bond donors (Lipinski definition) is 6. The standard InChI is InChI=1S/C33H55N7O7/c1-5-17-46-24-15-13-21(14-16-24)27-36-38-40(37-27)23-18-26-28(41)35-33(30(43)44)19-22(33)11-9-7-6-8-10-12-25(29(42)39(26)20-23)34-31(45)47-32(2,3)4/h9,11,21-27,36-38H,5-8,10,12-20H2,1-4H3,(H,34,45)(H,35,41)(H,43,44)/b11-9-/t21?,22-,23-,24?,25+,26+,27?,33-/m1/s1. The van der Waals surface area contributed by atoms with Crippen LogP contribution >= 0.6 is 0 Å². The van der Waals surface area contributed by atoms with Gasteiger partial charge in [0, 0.05) is 19.1 Å². The number of nitrogens with zero attached hydrogens (tertiary/aromatic N) is 2. The van der Waals surface area contributed by atoms with E-state index in [9.17, 15) is 24.3 Å². The molecule has 0 radical (unpaired) electrons. The fourth-order valence-corrected chi connectivity index (χ4v) is 7.36. The summed E-state index contributed by atoms with van der Waals surface area (Å²) < 4.78 is 11.5. The van der Waals surface area contributed by atoms with E-state index in [4.69, 9.17) is 9.47 Å². The number of carbonyl (C=O) groups excluding carboxylic acids is 3. The Morgan fingerprint density at radius 3 is 2.57 bits per heavy atom. The molecule has 3 amide bonds. The largest absolute Gasteiger partial charge is 0.479 e. The molecule has 6 N–H and O–H groups in total. The Morgan fingerprint density at radius 2 is 1.87 bits per heavy atom. The molecule has 0 aromatic carbocycles. The SMILES string of the molecule is CCCOC1CCC(C2NNN([C@@H]3C[C@H]4C(=O)N[C@]5(C(=O)O)C[C@H]5/C=C\CCCCC[C@H](NC(=O)OC(C)(C)C)C(=O)N4C3)N2)CC1. The van der Waals surface area contributed by atoms with Crippen molar-refractivity contribution >= 4 is 23.9 Å². The van der Waals surface area contributed by atoms with Crippen LogP contribution in [0.1, 0.15) is 105 Å². The van der Waals surface area contributed by atoms with Gasteiger partial charge in [-0.2, -0.15) is 10.7 Å². The zero-order chi connectivity index (χ0) is 33.8. The van der Waals surface area contributed by atoms with Crippen LogP contribution in [0.5, 0.6) is 0 Å². The Kier molecular flexibility index (Phi) is 11.5. The van der Waals surface area contributed by atoms with E-state index >= 15 is 0 Å². The zero-order valence-electron chi connectivity index (χ0n) is 28.4. The number of hydrazine groups is 3. The second-order valence-corrected chi connectivity index (χ2v) is 14.9. The maximum atomic E-state index is 14.3. The van der Waals surface area contributed by atoms with Crippen molar-refractivity contribution in [3.05, 3.63) is 12.2 Å². The third-order valence-corrected chi connectivity index (χ3v) is 10.1. The van der Waals surface area contributed by atoms with Crippen LogP contribution in [0.3, 0.4) is 0 Å². The number of fused-ring (bicyclic) bond motifs is 2. The number of allylic oxidation sites excluding steroid dienone is 1. The highest BCUT2D eigenvalue weighted by atomic mass is 16.6. The van der Waals surface area contributed by atoms with E-state index in [2.05, 4.69) is 33.9 Å². The summed E-state index contributed by atoms with van der Waals surface area (Å²) in [7, 11) is 0. The molecule has 5 aliphatic rings. The Hall–Kier alpha value is -2.78. The Labute approximate surface area is 278 Å². The average Bonchev–Trinajstić information content (AvgIpc) is 3.33. The lowest BCUT2D eigenvalue weighted by Crippen LogP contribution is -2.56. The fraction of sp³-hybridized carbons (Fsp3) is 0.818. The second kappa shape index (κ2) is 15.2. The molecule has 0 spiro atoms. The summed E-state index contributed by atoms with van der Waals surface area (Å²) in [5.41, 5.74) is 7.96. The number of nitrogens with one attached hydrogen (secondary N) is 5. The Balaban J connectivity index is 1.32. The van der Waals surface area contributed by atoms with E-state index in [1.165, 1.54) is 4.90 Å². The molecule has 264 valence electrons. The molecular weight excluding hydrogens is 606 g/mol. The summed E-state index contributed by atoms with van der Waals surface area (Å²) in [4.78, 5) is 54.9. The van der Waals surface area contributed by atoms with Gasteiger partial charge in [0.1, 0.15) is 23.2 Å². The highest BCUT2D eigenvalue weighted by Crippen LogP contribution is 2.45. The molecular formula is C33H55N7O7. The zero-order valence-corrected chi connectivity index (χ0v) is 28.4. The predicted molar refractivity (Wildman–Crippen MR) is 173 cm³/mol. The molecule has 2 saturated carbocycles. The van der Waals surface area contributed by atoms with E-state index in [1.54, 1.807) is 20.8 Å². The third-order valence-electron chi connectivity index (χ3n) is 10.1. The monoisotopic (exact) mass is 661 g/mol. The lowest BCUT2D eigenvalue weighted by Gasteiger charge is -2.32. The molecule has 0 bridgehead atoms. The first-order valence-corrected chi connectivity index (χ1v) is 17.6. The normalized spacial score (nSPS) is 36.3. The molecule has 5 rings (SSSR count). The topological polar surface area (TPSA) is 174 Å². The highest BCUT2D eigenvalue weighted by molar-refractivity contribution is 5.96. The van der Waals surface area contributed by atoms with Crippen LogP contribution in [0.25, 0.3) is 0 Å². The minimum Gasteiger partial charge on any atom is -0.479 e. The highest BCUT2D eigenvalue weighted by Gasteiger charge is 2.61. The van der Waals surface area contributed by atoms with E-state index in [0.29, 0.717) is 31.3 Å². The van der Waals surface area contributed by atoms with Gasteiger partial charge < -0.3 is 30.1 Å². The minimum atomic E-state index is -1.38. The maximum Gasteiger partial charge on any atom is 0.408 e. The van der Waals surface area contributed by atoms with Gasteiger partial charge in [0.05, 0.1) is 18.3 Å². The predicted octanol–water partition coefficient (Wildman–Crippen LogP) is 2.47. The summed E-state index contributed by atoms with van der Waals surface area (Å²) in [6.45, 7) is 8.39. The van der Waals surface area contributed by atoms with Crippen molar-refractivity contribution in [2.45, 2.75) is 146 Å². The van der Waals surface area contributed by atoms with Gasteiger partial charge in [-0.25, -0.2) is 20.4 Å². The summed E-state index contributed by atoms with van der Waals surface area (Å²) >= 11 is 0. The molecule has 6 atom stereocenters. The van der Waals surface area contributed by atoms with Crippen LogP contribution in [-0.4, -0.2) is 93.7 Å². The molecule has 3 aliphatic heterocycles. The Bertz CT molecular complexity index is 1170. The van der Waals surface area contributed by atoms with Crippen LogP contribution in [0.4, 0.5) is 4.79 Å². The first-order valence-electron chi connectivity index (χ1n) is 17.6. The lowest BCUT2D eigenvalue weighted by atomic mass is 9.85. The Morgan fingerprint density at radius 1 is 1.11 bits per heavy atom. The number of hydrogen-bond acceptors (Lipinski definition) is 10. The van der Waals surface area contributed by atoms with E-state index in [-0.39, 0.29) is 37.0 Å². The molecule has 14 nitrogen and oxygen atoms in total. The number of carboxylic acid groups (broad SMARTS) is 1. The number of aliphatic carboxylic acids is 1. The molecule has 0 aromatic rings. The van der Waals surface area contributed by atoms with Crippen LogP contribution < -0.4 is 27.0 Å². The van der Waals surface area contributed by atoms with Crippen LogP contribution in [0.2, 0.25) is 0 Å². The van der Waals surface area contributed by atoms with Gasteiger partial charge in [0.15, 0.2) is 0 Å². The van der Waals surface area contributed by atoms with E-state index in [0.717, 1.165) is 58.0 Å². The van der Waals surface area contributed by atoms with Crippen molar-refractivity contribution in [2.24, 2.45) is 11.8 Å². The molecule has 47 heavy (non-hydrogen) atoms. The van der Waals surface area contributed by atoms with Crippen molar-refractivity contribution in [3.8, 4) is 0 Å². The number of amides is 3. The maximum absolute atomic E-state index is 14.3. The fourth-order valence-electron chi connectivity index (χ4n) is 7.36. The van der Waals surface area contributed by atoms with Gasteiger partial charge >= 0.3 is 12.1 Å². The number of carbonyl (C=O) groups is 4. The number of rotatable bonds is 7. The lowest BCUT2D eigenvalue weighted by molar-refractivity contribution is -0.145. The molecule has 14 heteroatoms. The van der Waals surface area contributed by atoms with E-state index < -0.39 is 41.2 Å². The molecule has 3 heterocycles. The van der Waals surface area contributed by atoms with Gasteiger partial charge in [0.2, 0.25) is 11.8 Å². The smallest absolute Gasteiger partial charge is 0.408 e. The number of carboxylic acids is 1. The molecule has 2 saturated heterocycles. The van der Waals surface area contributed by atoms with Crippen molar-refractivity contribution in [2.75, 3.05) is 13.2 Å². The van der Waals surface area contributed by atoms with Crippen molar-refractivity contribution < 1.29 is 33.8 Å². The molecule has 2 aliphatic carbocycles. The summed E-state index contributed by atoms with van der Waals surface area (Å²) in [6.07, 6.45) is 12.7. The first-order chi connectivity index (χ1) is 22.4. The van der Waals surface area contributed by atoms with Crippen LogP contribution in [0, 0.1) is 11.8 Å². The van der Waals surface area contributed by atoms with Gasteiger partial charge in [-0.05, 0) is 90.9 Å². The van der Waals surface area contributed by atoms with Crippen molar-refractivity contribution in [1.29, 1.82) is 0 Å². The summed E-state index contributed by atoms with van der Waals surface area (Å²) in [6, 6.07) is -2.11. The van der Waals surface area contributed by atoms with Crippen molar-refractivity contribution in [3.63, 3.8) is 0 Å². The summed E-state index contributed by atoms with van der Waals surface area (Å²) in [5.74, 6) is -1.88. The minimum absolute atomic E-state index is 0.0273. The summed E-state index contributed by atoms with van der Waals surface area (Å²) in [5, 5.41) is 17.6.